The molecule has 6 nitrogen and oxygen atoms in total. The lowest BCUT2D eigenvalue weighted by Crippen LogP contribution is -2.24. The summed E-state index contributed by atoms with van der Waals surface area (Å²) in [6.07, 6.45) is 0.0859. The van der Waals surface area contributed by atoms with Crippen molar-refractivity contribution in [2.45, 2.75) is 24.8 Å². The molecule has 0 heterocycles. The van der Waals surface area contributed by atoms with E-state index in [1.807, 2.05) is 37.3 Å². The molecule has 130 valence electrons. The lowest BCUT2D eigenvalue weighted by molar-refractivity contribution is 0.0472. The van der Waals surface area contributed by atoms with Gasteiger partial charge in [0.25, 0.3) is 0 Å². The monoisotopic (exact) mass is 358 g/mol. The van der Waals surface area contributed by atoms with E-state index >= 15 is 0 Å². The van der Waals surface area contributed by atoms with Crippen LogP contribution in [-0.2, 0) is 21.4 Å². The summed E-state index contributed by atoms with van der Waals surface area (Å²) >= 11 is 0. The molecule has 0 amide bonds. The van der Waals surface area contributed by atoms with Gasteiger partial charge in [-0.2, -0.15) is 5.26 Å². The first-order valence-corrected chi connectivity index (χ1v) is 9.10. The van der Waals surface area contributed by atoms with Crippen molar-refractivity contribution in [3.8, 4) is 6.07 Å². The van der Waals surface area contributed by atoms with Crippen LogP contribution >= 0.6 is 0 Å². The Morgan fingerprint density at radius 2 is 1.84 bits per heavy atom. The first kappa shape index (κ1) is 18.6. The van der Waals surface area contributed by atoms with Crippen molar-refractivity contribution in [2.75, 3.05) is 6.54 Å². The molecule has 0 aliphatic heterocycles. The molecule has 2 aromatic rings. The van der Waals surface area contributed by atoms with Gasteiger partial charge in [-0.05, 0) is 42.3 Å². The maximum atomic E-state index is 12.1. The molecule has 1 N–H and O–H groups in total. The number of hydrogen-bond donors (Lipinski definition) is 1. The van der Waals surface area contributed by atoms with Gasteiger partial charge >= 0.3 is 5.97 Å². The Labute approximate surface area is 147 Å². The highest BCUT2D eigenvalue weighted by Crippen LogP contribution is 2.13. The Balaban J connectivity index is 2.00. The molecule has 2 aromatic carbocycles. The molecule has 0 aliphatic carbocycles. The highest BCUT2D eigenvalue weighted by Gasteiger charge is 2.15. The average molecular weight is 358 g/mol. The molecule has 0 unspecified atom stereocenters. The van der Waals surface area contributed by atoms with Crippen molar-refractivity contribution in [1.82, 2.24) is 4.72 Å². The van der Waals surface area contributed by atoms with E-state index < -0.39 is 16.0 Å². The number of nitrogens with one attached hydrogen (secondary N) is 1. The van der Waals surface area contributed by atoms with Gasteiger partial charge in [0.15, 0.2) is 0 Å². The molecule has 0 spiro atoms. The lowest BCUT2D eigenvalue weighted by atomic mass is 10.1. The fourth-order valence-corrected chi connectivity index (χ4v) is 3.13. The molecule has 25 heavy (non-hydrogen) atoms. The fourth-order valence-electron chi connectivity index (χ4n) is 2.09. The third-order valence-corrected chi connectivity index (χ3v) is 5.03. The average Bonchev–Trinajstić information content (AvgIpc) is 2.61. The molecule has 0 aromatic heterocycles. The molecule has 7 heteroatoms. The van der Waals surface area contributed by atoms with Crippen LogP contribution in [-0.4, -0.2) is 20.9 Å². The smallest absolute Gasteiger partial charge is 0.338 e. The number of carbonyl (C=O) groups excluding carboxylic acids is 1. The number of esters is 1. The third kappa shape index (κ3) is 5.14. The SMILES string of the molecule is Cc1ccccc1COC(=O)c1ccc(S(=O)(=O)NCCC#N)cc1. The number of benzene rings is 2. The van der Waals surface area contributed by atoms with Crippen molar-refractivity contribution in [1.29, 1.82) is 5.26 Å². The number of nitrogens with zero attached hydrogens (tertiary/aromatic N) is 1. The summed E-state index contributed by atoms with van der Waals surface area (Å²) in [5.74, 6) is -0.523. The van der Waals surface area contributed by atoms with Crippen molar-refractivity contribution < 1.29 is 17.9 Å². The van der Waals surface area contributed by atoms with Crippen LogP contribution in [0.15, 0.2) is 53.4 Å². The largest absolute Gasteiger partial charge is 0.457 e. The minimum atomic E-state index is -3.69. The lowest BCUT2D eigenvalue weighted by Gasteiger charge is -2.08. The predicted octanol–water partition coefficient (Wildman–Crippen LogP) is 2.54. The van der Waals surface area contributed by atoms with Crippen molar-refractivity contribution in [2.24, 2.45) is 0 Å². The van der Waals surface area contributed by atoms with Gasteiger partial charge in [0.1, 0.15) is 6.61 Å². The highest BCUT2D eigenvalue weighted by atomic mass is 32.2. The van der Waals surface area contributed by atoms with Crippen LogP contribution in [0.3, 0.4) is 0 Å². The minimum Gasteiger partial charge on any atom is -0.457 e. The van der Waals surface area contributed by atoms with E-state index in [-0.39, 0.29) is 30.0 Å². The summed E-state index contributed by atoms with van der Waals surface area (Å²) in [6.45, 7) is 2.13. The Morgan fingerprint density at radius 1 is 1.16 bits per heavy atom. The highest BCUT2D eigenvalue weighted by molar-refractivity contribution is 7.89. The van der Waals surface area contributed by atoms with Crippen LogP contribution in [0.4, 0.5) is 0 Å². The topological polar surface area (TPSA) is 96.3 Å². The molecule has 0 radical (unpaired) electrons. The van der Waals surface area contributed by atoms with Crippen LogP contribution in [0.25, 0.3) is 0 Å². The molecule has 0 atom stereocenters. The number of aryl methyl sites for hydroxylation is 1. The summed E-state index contributed by atoms with van der Waals surface area (Å²) in [4.78, 5) is 12.1. The van der Waals surface area contributed by atoms with Crippen LogP contribution in [0.1, 0.15) is 27.9 Å². The number of carbonyl (C=O) groups is 1. The van der Waals surface area contributed by atoms with E-state index in [0.29, 0.717) is 0 Å². The molecular formula is C18H18N2O4S. The van der Waals surface area contributed by atoms with Crippen molar-refractivity contribution in [3.05, 3.63) is 65.2 Å². The molecule has 0 saturated carbocycles. The van der Waals surface area contributed by atoms with E-state index in [9.17, 15) is 13.2 Å². The van der Waals surface area contributed by atoms with Crippen molar-refractivity contribution in [3.63, 3.8) is 0 Å². The Morgan fingerprint density at radius 3 is 2.48 bits per heavy atom. The van der Waals surface area contributed by atoms with Crippen LogP contribution in [0.5, 0.6) is 0 Å². The number of hydrogen-bond acceptors (Lipinski definition) is 5. The second kappa shape index (κ2) is 8.42. The van der Waals surface area contributed by atoms with Gasteiger partial charge in [-0.3, -0.25) is 0 Å². The van der Waals surface area contributed by atoms with Crippen LogP contribution in [0, 0.1) is 18.3 Å². The van der Waals surface area contributed by atoms with Gasteiger partial charge in [0.05, 0.1) is 16.5 Å². The number of sulfonamides is 1. The molecule has 0 saturated heterocycles. The van der Waals surface area contributed by atoms with Gasteiger partial charge in [0, 0.05) is 13.0 Å². The minimum absolute atomic E-state index is 0.0286. The zero-order valence-corrected chi connectivity index (χ0v) is 14.5. The van der Waals surface area contributed by atoms with Gasteiger partial charge < -0.3 is 4.74 Å². The zero-order valence-electron chi connectivity index (χ0n) is 13.7. The summed E-state index contributed by atoms with van der Waals surface area (Å²) in [5, 5.41) is 8.44. The summed E-state index contributed by atoms with van der Waals surface area (Å²) < 4.78 is 31.6. The first-order chi connectivity index (χ1) is 11.9. The summed E-state index contributed by atoms with van der Waals surface area (Å²) in [7, 11) is -3.69. The van der Waals surface area contributed by atoms with E-state index in [1.54, 1.807) is 0 Å². The molecule has 2 rings (SSSR count). The second-order valence-electron chi connectivity index (χ2n) is 5.33. The van der Waals surface area contributed by atoms with E-state index in [2.05, 4.69) is 4.72 Å². The summed E-state index contributed by atoms with van der Waals surface area (Å²) in [6, 6.07) is 14.9. The van der Waals surface area contributed by atoms with Crippen molar-refractivity contribution >= 4 is 16.0 Å². The van der Waals surface area contributed by atoms with Crippen LogP contribution in [0.2, 0.25) is 0 Å². The van der Waals surface area contributed by atoms with E-state index in [4.69, 9.17) is 10.00 Å². The van der Waals surface area contributed by atoms with E-state index in [1.165, 1.54) is 24.3 Å². The first-order valence-electron chi connectivity index (χ1n) is 7.62. The third-order valence-electron chi connectivity index (χ3n) is 3.55. The number of ether oxygens (including phenoxy) is 1. The van der Waals surface area contributed by atoms with Gasteiger partial charge in [-0.1, -0.05) is 24.3 Å². The Kier molecular flexibility index (Phi) is 6.28. The molecule has 0 bridgehead atoms. The molecule has 0 aliphatic rings. The Bertz CT molecular complexity index is 884. The number of rotatable bonds is 7. The molecule has 0 fully saturated rings. The van der Waals surface area contributed by atoms with Gasteiger partial charge in [-0.15, -0.1) is 0 Å². The number of nitriles is 1. The van der Waals surface area contributed by atoms with Crippen LogP contribution < -0.4 is 4.72 Å². The fraction of sp³-hybridized carbons (Fsp3) is 0.222. The predicted molar refractivity (Wildman–Crippen MR) is 92.2 cm³/mol. The quantitative estimate of drug-likeness (QED) is 0.606. The van der Waals surface area contributed by atoms with Gasteiger partial charge in [-0.25, -0.2) is 17.9 Å². The second-order valence-corrected chi connectivity index (χ2v) is 7.10. The molecular weight excluding hydrogens is 340 g/mol. The van der Waals surface area contributed by atoms with Gasteiger partial charge in [0.2, 0.25) is 10.0 Å². The maximum absolute atomic E-state index is 12.1. The zero-order chi connectivity index (χ0) is 18.3. The summed E-state index contributed by atoms with van der Waals surface area (Å²) in [5.41, 5.74) is 2.21. The maximum Gasteiger partial charge on any atom is 0.338 e. The normalized spacial score (nSPS) is 10.9. The standard InChI is InChI=1S/C18H18N2O4S/c1-14-5-2-3-6-16(14)13-24-18(21)15-7-9-17(10-8-15)25(22,23)20-12-4-11-19/h2-3,5-10,20H,4,12-13H2,1H3. The van der Waals surface area contributed by atoms with E-state index in [0.717, 1.165) is 11.1 Å². The Hall–Kier alpha value is -2.69.